The molecule has 2 heterocycles. The van der Waals surface area contributed by atoms with Gasteiger partial charge in [0.2, 0.25) is 0 Å². The maximum absolute atomic E-state index is 5.90. The molecule has 0 aliphatic rings. The minimum absolute atomic E-state index is 0.674. The van der Waals surface area contributed by atoms with Crippen molar-refractivity contribution in [3.8, 4) is 5.75 Å². The third-order valence-electron chi connectivity index (χ3n) is 3.03. The molecule has 2 aromatic heterocycles. The predicted molar refractivity (Wildman–Crippen MR) is 82.3 cm³/mol. The molecule has 0 bridgehead atoms. The number of hydrogen-bond donors (Lipinski definition) is 1. The summed E-state index contributed by atoms with van der Waals surface area (Å²) in [6.07, 6.45) is 5.67. The van der Waals surface area contributed by atoms with Crippen molar-refractivity contribution in [3.63, 3.8) is 0 Å². The van der Waals surface area contributed by atoms with Gasteiger partial charge in [-0.05, 0) is 26.0 Å². The van der Waals surface area contributed by atoms with Crippen LogP contribution in [0.25, 0.3) is 0 Å². The van der Waals surface area contributed by atoms with Crippen LogP contribution in [0.2, 0.25) is 0 Å². The maximum Gasteiger partial charge on any atom is 0.126 e. The second-order valence-corrected chi connectivity index (χ2v) is 5.56. The zero-order chi connectivity index (χ0) is 14.2. The van der Waals surface area contributed by atoms with E-state index in [9.17, 15) is 0 Å². The fraction of sp³-hybridized carbons (Fsp3) is 0.467. The molecule has 0 saturated heterocycles. The SMILES string of the molecule is CCCNCc1cnccc1OCCc1scnc1C. The Morgan fingerprint density at radius 1 is 1.40 bits per heavy atom. The third kappa shape index (κ3) is 4.28. The third-order valence-corrected chi connectivity index (χ3v) is 4.03. The molecule has 0 spiro atoms. The minimum Gasteiger partial charge on any atom is -0.493 e. The molecule has 0 fully saturated rings. The average Bonchev–Trinajstić information content (AvgIpc) is 2.86. The van der Waals surface area contributed by atoms with Crippen molar-refractivity contribution in [1.29, 1.82) is 0 Å². The first-order valence-corrected chi connectivity index (χ1v) is 7.84. The van der Waals surface area contributed by atoms with Crippen molar-refractivity contribution >= 4 is 11.3 Å². The lowest BCUT2D eigenvalue weighted by Gasteiger charge is -2.11. The van der Waals surface area contributed by atoms with E-state index >= 15 is 0 Å². The number of nitrogens with zero attached hydrogens (tertiary/aromatic N) is 2. The highest BCUT2D eigenvalue weighted by molar-refractivity contribution is 7.09. The summed E-state index contributed by atoms with van der Waals surface area (Å²) in [5, 5.41) is 3.38. The first-order chi connectivity index (χ1) is 9.81. The quantitative estimate of drug-likeness (QED) is 0.760. The number of aryl methyl sites for hydroxylation is 1. The summed E-state index contributed by atoms with van der Waals surface area (Å²) < 4.78 is 5.90. The molecule has 0 saturated carbocycles. The van der Waals surface area contributed by atoms with E-state index in [4.69, 9.17) is 4.74 Å². The summed E-state index contributed by atoms with van der Waals surface area (Å²) in [5.74, 6) is 0.922. The topological polar surface area (TPSA) is 47.0 Å². The van der Waals surface area contributed by atoms with Crippen LogP contribution in [0.4, 0.5) is 0 Å². The highest BCUT2D eigenvalue weighted by atomic mass is 32.1. The summed E-state index contributed by atoms with van der Waals surface area (Å²) in [4.78, 5) is 9.72. The predicted octanol–water partition coefficient (Wildman–Crippen LogP) is 2.97. The molecule has 1 N–H and O–H groups in total. The second-order valence-electron chi connectivity index (χ2n) is 4.62. The molecule has 0 aliphatic carbocycles. The highest BCUT2D eigenvalue weighted by Gasteiger charge is 2.05. The van der Waals surface area contributed by atoms with Crippen molar-refractivity contribution < 1.29 is 4.74 Å². The van der Waals surface area contributed by atoms with Gasteiger partial charge in [0.05, 0.1) is 17.8 Å². The smallest absolute Gasteiger partial charge is 0.126 e. The van der Waals surface area contributed by atoms with Gasteiger partial charge in [-0.15, -0.1) is 11.3 Å². The van der Waals surface area contributed by atoms with Crippen LogP contribution in [-0.4, -0.2) is 23.1 Å². The summed E-state index contributed by atoms with van der Waals surface area (Å²) in [7, 11) is 0. The normalized spacial score (nSPS) is 10.7. The Kier molecular flexibility index (Phi) is 5.95. The number of ether oxygens (including phenoxy) is 1. The van der Waals surface area contributed by atoms with Gasteiger partial charge in [0.1, 0.15) is 5.75 Å². The molecule has 0 radical (unpaired) electrons. The van der Waals surface area contributed by atoms with E-state index in [1.54, 1.807) is 17.5 Å². The van der Waals surface area contributed by atoms with Gasteiger partial charge in [0, 0.05) is 35.8 Å². The molecular weight excluding hydrogens is 270 g/mol. The van der Waals surface area contributed by atoms with E-state index in [1.807, 2.05) is 24.7 Å². The van der Waals surface area contributed by atoms with E-state index in [1.165, 1.54) is 4.88 Å². The van der Waals surface area contributed by atoms with Crippen LogP contribution in [0.1, 0.15) is 29.5 Å². The van der Waals surface area contributed by atoms with Crippen LogP contribution in [0.3, 0.4) is 0 Å². The number of rotatable bonds is 8. The van der Waals surface area contributed by atoms with Crippen LogP contribution in [0.5, 0.6) is 5.75 Å². The van der Waals surface area contributed by atoms with Crippen molar-refractivity contribution in [1.82, 2.24) is 15.3 Å². The molecule has 2 rings (SSSR count). The van der Waals surface area contributed by atoms with Gasteiger partial charge in [-0.25, -0.2) is 4.98 Å². The fourth-order valence-electron chi connectivity index (χ4n) is 1.91. The number of thiazole rings is 1. The Morgan fingerprint density at radius 3 is 3.05 bits per heavy atom. The van der Waals surface area contributed by atoms with E-state index < -0.39 is 0 Å². The first-order valence-electron chi connectivity index (χ1n) is 6.96. The first kappa shape index (κ1) is 14.9. The summed E-state index contributed by atoms with van der Waals surface area (Å²) >= 11 is 1.69. The molecule has 108 valence electrons. The summed E-state index contributed by atoms with van der Waals surface area (Å²) in [6, 6.07) is 1.93. The highest BCUT2D eigenvalue weighted by Crippen LogP contribution is 2.18. The Bertz CT molecular complexity index is 527. The monoisotopic (exact) mass is 291 g/mol. The average molecular weight is 291 g/mol. The van der Waals surface area contributed by atoms with Crippen LogP contribution in [0, 0.1) is 6.92 Å². The van der Waals surface area contributed by atoms with Crippen LogP contribution < -0.4 is 10.1 Å². The second kappa shape index (κ2) is 7.97. The van der Waals surface area contributed by atoms with Gasteiger partial charge < -0.3 is 10.1 Å². The van der Waals surface area contributed by atoms with Crippen LogP contribution in [0.15, 0.2) is 24.0 Å². The molecule has 0 aromatic carbocycles. The molecule has 4 nitrogen and oxygen atoms in total. The number of aromatic nitrogens is 2. The molecule has 0 unspecified atom stereocenters. The number of hydrogen-bond acceptors (Lipinski definition) is 5. The molecule has 2 aromatic rings. The lowest BCUT2D eigenvalue weighted by Crippen LogP contribution is -2.15. The maximum atomic E-state index is 5.90. The number of pyridine rings is 1. The van der Waals surface area contributed by atoms with Crippen molar-refractivity contribution in [2.75, 3.05) is 13.2 Å². The van der Waals surface area contributed by atoms with Crippen molar-refractivity contribution in [2.45, 2.75) is 33.2 Å². The van der Waals surface area contributed by atoms with Crippen molar-refractivity contribution in [2.24, 2.45) is 0 Å². The van der Waals surface area contributed by atoms with E-state index in [0.717, 1.165) is 42.9 Å². The van der Waals surface area contributed by atoms with Gasteiger partial charge >= 0.3 is 0 Å². The zero-order valence-corrected chi connectivity index (χ0v) is 12.9. The largest absolute Gasteiger partial charge is 0.493 e. The Balaban J connectivity index is 1.87. The standard InChI is InChI=1S/C15H21N3OS/c1-3-6-16-9-13-10-17-7-4-14(13)19-8-5-15-12(2)18-11-20-15/h4,7,10-11,16H,3,5-6,8-9H2,1-2H3. The Morgan fingerprint density at radius 2 is 2.30 bits per heavy atom. The molecule has 0 amide bonds. The molecule has 0 aliphatic heterocycles. The molecule has 0 atom stereocenters. The van der Waals surface area contributed by atoms with Gasteiger partial charge in [-0.1, -0.05) is 6.92 Å². The van der Waals surface area contributed by atoms with Gasteiger partial charge in [-0.2, -0.15) is 0 Å². The van der Waals surface area contributed by atoms with Crippen LogP contribution >= 0.6 is 11.3 Å². The van der Waals surface area contributed by atoms with Crippen molar-refractivity contribution in [3.05, 3.63) is 40.1 Å². The summed E-state index contributed by atoms with van der Waals surface area (Å²) in [6.45, 7) is 6.68. The van der Waals surface area contributed by atoms with Gasteiger partial charge in [-0.3, -0.25) is 4.98 Å². The molecule has 20 heavy (non-hydrogen) atoms. The van der Waals surface area contributed by atoms with Gasteiger partial charge in [0.25, 0.3) is 0 Å². The summed E-state index contributed by atoms with van der Waals surface area (Å²) in [5.41, 5.74) is 4.11. The molecular formula is C15H21N3OS. The van der Waals surface area contributed by atoms with E-state index in [-0.39, 0.29) is 0 Å². The van der Waals surface area contributed by atoms with E-state index in [2.05, 4.69) is 22.2 Å². The lowest BCUT2D eigenvalue weighted by atomic mass is 10.2. The van der Waals surface area contributed by atoms with E-state index in [0.29, 0.717) is 6.61 Å². The fourth-order valence-corrected chi connectivity index (χ4v) is 2.67. The Hall–Kier alpha value is -1.46. The lowest BCUT2D eigenvalue weighted by molar-refractivity contribution is 0.318. The Labute approximate surface area is 124 Å². The molecule has 5 heteroatoms. The van der Waals surface area contributed by atoms with Crippen LogP contribution in [-0.2, 0) is 13.0 Å². The minimum atomic E-state index is 0.674. The van der Waals surface area contributed by atoms with Gasteiger partial charge in [0.15, 0.2) is 0 Å². The zero-order valence-electron chi connectivity index (χ0n) is 12.1. The number of nitrogens with one attached hydrogen (secondary N) is 1.